The Morgan fingerprint density at radius 2 is 2.40 bits per heavy atom. The lowest BCUT2D eigenvalue weighted by atomic mass is 10.3. The van der Waals surface area contributed by atoms with Crippen LogP contribution in [0.25, 0.3) is 0 Å². The first-order valence-electron chi connectivity index (χ1n) is 3.71. The minimum Gasteiger partial charge on any atom is -0.373 e. The minimum absolute atomic E-state index is 0.499. The van der Waals surface area contributed by atoms with Crippen LogP contribution < -0.4 is 0 Å². The van der Waals surface area contributed by atoms with Gasteiger partial charge in [0.05, 0.1) is 12.7 Å². The standard InChI is InChI=1S/C8H13IO/c1-2-6-10-8-5-3-4-7(8)9/h2,7-8H,1,3-6H2/t7-,8+/m1/s1. The molecule has 2 atom stereocenters. The lowest BCUT2D eigenvalue weighted by Crippen LogP contribution is -2.17. The van der Waals surface area contributed by atoms with Gasteiger partial charge in [-0.05, 0) is 19.3 Å². The summed E-state index contributed by atoms with van der Waals surface area (Å²) in [5.41, 5.74) is 0. The van der Waals surface area contributed by atoms with Gasteiger partial charge in [-0.25, -0.2) is 0 Å². The van der Waals surface area contributed by atoms with Gasteiger partial charge in [-0.15, -0.1) is 6.58 Å². The third kappa shape index (κ3) is 2.23. The van der Waals surface area contributed by atoms with E-state index in [9.17, 15) is 0 Å². The van der Waals surface area contributed by atoms with Crippen LogP contribution in [0.4, 0.5) is 0 Å². The third-order valence-electron chi connectivity index (χ3n) is 1.80. The molecule has 1 aliphatic rings. The Bertz CT molecular complexity index is 114. The van der Waals surface area contributed by atoms with Crippen molar-refractivity contribution in [2.45, 2.75) is 29.3 Å². The molecule has 2 heteroatoms. The van der Waals surface area contributed by atoms with Gasteiger partial charge in [0, 0.05) is 3.92 Å². The zero-order chi connectivity index (χ0) is 7.40. The summed E-state index contributed by atoms with van der Waals surface area (Å²) >= 11 is 2.47. The number of halogens is 1. The van der Waals surface area contributed by atoms with Crippen molar-refractivity contribution in [1.82, 2.24) is 0 Å². The molecule has 1 saturated carbocycles. The average molecular weight is 252 g/mol. The van der Waals surface area contributed by atoms with Gasteiger partial charge < -0.3 is 4.74 Å². The van der Waals surface area contributed by atoms with Crippen molar-refractivity contribution in [3.05, 3.63) is 12.7 Å². The van der Waals surface area contributed by atoms with Crippen molar-refractivity contribution in [3.8, 4) is 0 Å². The molecule has 0 unspecified atom stereocenters. The Morgan fingerprint density at radius 3 is 2.90 bits per heavy atom. The first-order chi connectivity index (χ1) is 4.84. The molecule has 0 aromatic carbocycles. The summed E-state index contributed by atoms with van der Waals surface area (Å²) in [4.78, 5) is 0. The van der Waals surface area contributed by atoms with E-state index in [1.54, 1.807) is 0 Å². The summed E-state index contributed by atoms with van der Waals surface area (Å²) in [5, 5.41) is 0. The van der Waals surface area contributed by atoms with Gasteiger partial charge >= 0.3 is 0 Å². The maximum atomic E-state index is 5.54. The molecule has 0 amide bonds. The molecule has 0 radical (unpaired) electrons. The smallest absolute Gasteiger partial charge is 0.0696 e. The predicted molar refractivity (Wildman–Crippen MR) is 51.6 cm³/mol. The number of ether oxygens (including phenoxy) is 1. The van der Waals surface area contributed by atoms with E-state index in [0.29, 0.717) is 12.7 Å². The Balaban J connectivity index is 2.19. The molecule has 1 fully saturated rings. The molecule has 0 aliphatic heterocycles. The van der Waals surface area contributed by atoms with Crippen molar-refractivity contribution >= 4 is 22.6 Å². The third-order valence-corrected chi connectivity index (χ3v) is 3.23. The summed E-state index contributed by atoms with van der Waals surface area (Å²) < 4.78 is 6.27. The van der Waals surface area contributed by atoms with Crippen molar-refractivity contribution in [1.29, 1.82) is 0 Å². The van der Waals surface area contributed by atoms with E-state index in [1.165, 1.54) is 19.3 Å². The number of hydrogen-bond acceptors (Lipinski definition) is 1. The number of hydrogen-bond donors (Lipinski definition) is 0. The first-order valence-corrected chi connectivity index (χ1v) is 4.95. The molecular formula is C8H13IO. The lowest BCUT2D eigenvalue weighted by Gasteiger charge is -2.12. The molecular weight excluding hydrogens is 239 g/mol. The highest BCUT2D eigenvalue weighted by Crippen LogP contribution is 2.28. The van der Waals surface area contributed by atoms with Crippen LogP contribution >= 0.6 is 22.6 Å². The van der Waals surface area contributed by atoms with Crippen molar-refractivity contribution in [3.63, 3.8) is 0 Å². The second-order valence-corrected chi connectivity index (χ2v) is 4.21. The molecule has 1 rings (SSSR count). The fourth-order valence-corrected chi connectivity index (χ4v) is 2.27. The van der Waals surface area contributed by atoms with Crippen LogP contribution in [0.3, 0.4) is 0 Å². The number of rotatable bonds is 3. The van der Waals surface area contributed by atoms with Crippen LogP contribution in [0.2, 0.25) is 0 Å². The zero-order valence-electron chi connectivity index (χ0n) is 6.05. The van der Waals surface area contributed by atoms with Crippen LogP contribution in [0.1, 0.15) is 19.3 Å². The Kier molecular flexibility index (Phi) is 3.70. The van der Waals surface area contributed by atoms with Gasteiger partial charge in [0.15, 0.2) is 0 Å². The van der Waals surface area contributed by atoms with Gasteiger partial charge in [-0.2, -0.15) is 0 Å². The van der Waals surface area contributed by atoms with Crippen molar-refractivity contribution in [2.75, 3.05) is 6.61 Å². The maximum Gasteiger partial charge on any atom is 0.0696 e. The van der Waals surface area contributed by atoms with Crippen molar-refractivity contribution in [2.24, 2.45) is 0 Å². The van der Waals surface area contributed by atoms with Gasteiger partial charge in [-0.1, -0.05) is 28.7 Å². The van der Waals surface area contributed by atoms with E-state index in [-0.39, 0.29) is 0 Å². The molecule has 0 aromatic rings. The molecule has 0 N–H and O–H groups in total. The molecule has 0 bridgehead atoms. The van der Waals surface area contributed by atoms with E-state index in [0.717, 1.165) is 3.92 Å². The average Bonchev–Trinajstić information content (AvgIpc) is 2.31. The summed E-state index contributed by atoms with van der Waals surface area (Å²) in [6, 6.07) is 0. The van der Waals surface area contributed by atoms with Crippen LogP contribution in [0.5, 0.6) is 0 Å². The quantitative estimate of drug-likeness (QED) is 0.426. The van der Waals surface area contributed by atoms with E-state index in [1.807, 2.05) is 6.08 Å². The zero-order valence-corrected chi connectivity index (χ0v) is 8.21. The number of alkyl halides is 1. The highest BCUT2D eigenvalue weighted by Gasteiger charge is 2.24. The Morgan fingerprint density at radius 1 is 1.60 bits per heavy atom. The van der Waals surface area contributed by atoms with Gasteiger partial charge in [0.1, 0.15) is 0 Å². The topological polar surface area (TPSA) is 9.23 Å². The molecule has 0 heterocycles. The van der Waals surface area contributed by atoms with E-state index in [4.69, 9.17) is 4.74 Å². The summed E-state index contributed by atoms with van der Waals surface area (Å²) in [7, 11) is 0. The predicted octanol–water partition coefficient (Wildman–Crippen LogP) is 2.55. The van der Waals surface area contributed by atoms with Gasteiger partial charge in [0.2, 0.25) is 0 Å². The van der Waals surface area contributed by atoms with Crippen LogP contribution in [-0.2, 0) is 4.74 Å². The second-order valence-electron chi connectivity index (χ2n) is 2.61. The first kappa shape index (κ1) is 8.53. The SMILES string of the molecule is C=CCO[C@H]1CCC[C@H]1I. The van der Waals surface area contributed by atoms with Crippen LogP contribution in [0, 0.1) is 0 Å². The lowest BCUT2D eigenvalue weighted by molar-refractivity contribution is 0.0865. The fourth-order valence-electron chi connectivity index (χ4n) is 1.26. The molecule has 0 aromatic heterocycles. The molecule has 10 heavy (non-hydrogen) atoms. The molecule has 1 nitrogen and oxygen atoms in total. The molecule has 0 saturated heterocycles. The maximum absolute atomic E-state index is 5.54. The van der Waals surface area contributed by atoms with Crippen molar-refractivity contribution < 1.29 is 4.74 Å². The minimum atomic E-state index is 0.499. The van der Waals surface area contributed by atoms with Crippen LogP contribution in [-0.4, -0.2) is 16.6 Å². The van der Waals surface area contributed by atoms with E-state index in [2.05, 4.69) is 29.2 Å². The monoisotopic (exact) mass is 252 g/mol. The normalized spacial score (nSPS) is 32.5. The van der Waals surface area contributed by atoms with E-state index >= 15 is 0 Å². The second kappa shape index (κ2) is 4.34. The molecule has 58 valence electrons. The molecule has 0 spiro atoms. The Hall–Kier alpha value is 0.430. The van der Waals surface area contributed by atoms with Crippen LogP contribution in [0.15, 0.2) is 12.7 Å². The van der Waals surface area contributed by atoms with E-state index < -0.39 is 0 Å². The fraction of sp³-hybridized carbons (Fsp3) is 0.750. The summed E-state index contributed by atoms with van der Waals surface area (Å²) in [6.07, 6.45) is 6.21. The van der Waals surface area contributed by atoms with Gasteiger partial charge in [0.25, 0.3) is 0 Å². The largest absolute Gasteiger partial charge is 0.373 e. The highest BCUT2D eigenvalue weighted by molar-refractivity contribution is 14.1. The van der Waals surface area contributed by atoms with Gasteiger partial charge in [-0.3, -0.25) is 0 Å². The summed E-state index contributed by atoms with van der Waals surface area (Å²) in [5.74, 6) is 0. The Labute approximate surface area is 76.0 Å². The highest BCUT2D eigenvalue weighted by atomic mass is 127. The molecule has 1 aliphatic carbocycles. The summed E-state index contributed by atoms with van der Waals surface area (Å²) in [6.45, 7) is 4.33.